The summed E-state index contributed by atoms with van der Waals surface area (Å²) in [6.45, 7) is 9.87. The highest BCUT2D eigenvalue weighted by atomic mass is 79.9. The van der Waals surface area contributed by atoms with Crippen LogP contribution in [0.2, 0.25) is 0 Å². The molecule has 152 valence electrons. The van der Waals surface area contributed by atoms with Gasteiger partial charge in [-0.3, -0.25) is 14.9 Å². The van der Waals surface area contributed by atoms with Crippen LogP contribution in [0.5, 0.6) is 0 Å². The number of nitrogens with zero attached hydrogens (tertiary/aromatic N) is 3. The molecule has 4 nitrogen and oxygen atoms in total. The highest BCUT2D eigenvalue weighted by Crippen LogP contribution is 2.25. The van der Waals surface area contributed by atoms with E-state index in [1.807, 2.05) is 19.3 Å². The molecule has 0 aromatic rings. The lowest BCUT2D eigenvalue weighted by atomic mass is 9.88. The summed E-state index contributed by atoms with van der Waals surface area (Å²) in [5.74, 6) is 1.67. The summed E-state index contributed by atoms with van der Waals surface area (Å²) >= 11 is 3.70. The molecule has 0 radical (unpaired) electrons. The van der Waals surface area contributed by atoms with Crippen molar-refractivity contribution in [2.75, 3.05) is 26.7 Å². The van der Waals surface area contributed by atoms with Gasteiger partial charge in [0.15, 0.2) is 0 Å². The van der Waals surface area contributed by atoms with Gasteiger partial charge in [0.05, 0.1) is 16.6 Å². The second kappa shape index (κ2) is 11.2. The van der Waals surface area contributed by atoms with E-state index in [-0.39, 0.29) is 10.9 Å². The second-order valence-electron chi connectivity index (χ2n) is 8.34. The van der Waals surface area contributed by atoms with Gasteiger partial charge in [0, 0.05) is 44.4 Å². The summed E-state index contributed by atoms with van der Waals surface area (Å²) in [7, 11) is 1.81. The Kier molecular flexibility index (Phi) is 9.24. The van der Waals surface area contributed by atoms with Crippen LogP contribution in [0, 0.1) is 11.8 Å². The third kappa shape index (κ3) is 7.53. The quantitative estimate of drug-likeness (QED) is 0.418. The van der Waals surface area contributed by atoms with Gasteiger partial charge in [0.1, 0.15) is 0 Å². The molecule has 5 heteroatoms. The Labute approximate surface area is 173 Å². The number of alkyl halides is 1. The third-order valence-corrected chi connectivity index (χ3v) is 6.28. The van der Waals surface area contributed by atoms with E-state index < -0.39 is 0 Å². The zero-order chi connectivity index (χ0) is 19.8. The highest BCUT2D eigenvalue weighted by Gasteiger charge is 2.26. The lowest BCUT2D eigenvalue weighted by Crippen LogP contribution is -2.40. The Balaban J connectivity index is 2.07. The highest BCUT2D eigenvalue weighted by molar-refractivity contribution is 9.10. The standard InChI is InChI=1S/C22H36BrN3O/c1-16(2)11-22(25-17(3)21(23)13-24-4)19-8-6-10-26(15-19)14-18-7-5-9-20(27)12-18/h7,12-13,16-17,19,21,27H,5-6,8-11,14-15H2,1-4H3. The van der Waals surface area contributed by atoms with Crippen LogP contribution in [0.15, 0.2) is 33.5 Å². The number of rotatable bonds is 8. The topological polar surface area (TPSA) is 48.2 Å². The Morgan fingerprint density at radius 2 is 2.19 bits per heavy atom. The van der Waals surface area contributed by atoms with Gasteiger partial charge in [-0.05, 0) is 56.7 Å². The molecule has 0 bridgehead atoms. The molecule has 1 N–H and O–H groups in total. The number of likely N-dealkylation sites (tertiary alicyclic amines) is 1. The van der Waals surface area contributed by atoms with Crippen molar-refractivity contribution in [1.82, 2.24) is 4.90 Å². The predicted molar refractivity (Wildman–Crippen MR) is 121 cm³/mol. The van der Waals surface area contributed by atoms with Gasteiger partial charge >= 0.3 is 0 Å². The number of aliphatic hydroxyl groups excluding tert-OH is 1. The van der Waals surface area contributed by atoms with Crippen LogP contribution in [0.4, 0.5) is 0 Å². The summed E-state index contributed by atoms with van der Waals surface area (Å²) in [6.07, 6.45) is 11.4. The molecule has 0 saturated carbocycles. The Morgan fingerprint density at radius 3 is 2.85 bits per heavy atom. The Bertz CT molecular complexity index is 594. The molecule has 0 aromatic carbocycles. The fourth-order valence-electron chi connectivity index (χ4n) is 3.93. The maximum atomic E-state index is 9.81. The Morgan fingerprint density at radius 1 is 1.41 bits per heavy atom. The first-order chi connectivity index (χ1) is 12.9. The number of aliphatic hydroxyl groups is 1. The van der Waals surface area contributed by atoms with Crippen molar-refractivity contribution in [3.8, 4) is 0 Å². The molecular weight excluding hydrogens is 402 g/mol. The first-order valence-electron chi connectivity index (χ1n) is 10.3. The molecule has 2 rings (SSSR count). The lowest BCUT2D eigenvalue weighted by molar-refractivity contribution is 0.218. The molecule has 1 aliphatic heterocycles. The van der Waals surface area contributed by atoms with Crippen molar-refractivity contribution < 1.29 is 5.11 Å². The molecule has 1 aliphatic carbocycles. The van der Waals surface area contributed by atoms with Crippen molar-refractivity contribution in [1.29, 1.82) is 0 Å². The molecule has 3 unspecified atom stereocenters. The zero-order valence-electron chi connectivity index (χ0n) is 17.4. The Hall–Kier alpha value is -0.940. The summed E-state index contributed by atoms with van der Waals surface area (Å²) < 4.78 is 0. The molecule has 0 amide bonds. The first kappa shape index (κ1) is 22.4. The molecule has 1 saturated heterocycles. The van der Waals surface area contributed by atoms with Gasteiger partial charge in [-0.25, -0.2) is 0 Å². The monoisotopic (exact) mass is 437 g/mol. The zero-order valence-corrected chi connectivity index (χ0v) is 19.0. The number of piperidine rings is 1. The summed E-state index contributed by atoms with van der Waals surface area (Å²) in [5, 5.41) is 9.81. The lowest BCUT2D eigenvalue weighted by Gasteiger charge is -2.35. The number of hydrogen-bond acceptors (Lipinski definition) is 4. The van der Waals surface area contributed by atoms with Gasteiger partial charge in [-0.15, -0.1) is 0 Å². The normalized spacial score (nSPS) is 24.8. The van der Waals surface area contributed by atoms with E-state index in [1.54, 1.807) is 0 Å². The minimum absolute atomic E-state index is 0.185. The van der Waals surface area contributed by atoms with Crippen LogP contribution in [-0.4, -0.2) is 59.5 Å². The maximum absolute atomic E-state index is 9.81. The summed E-state index contributed by atoms with van der Waals surface area (Å²) in [6, 6.07) is 0.193. The number of hydrogen-bond donors (Lipinski definition) is 1. The van der Waals surface area contributed by atoms with Gasteiger partial charge < -0.3 is 5.11 Å². The van der Waals surface area contributed by atoms with E-state index in [4.69, 9.17) is 4.99 Å². The van der Waals surface area contributed by atoms with Crippen molar-refractivity contribution >= 4 is 27.9 Å². The van der Waals surface area contributed by atoms with Crippen LogP contribution in [-0.2, 0) is 0 Å². The van der Waals surface area contributed by atoms with E-state index in [0.29, 0.717) is 17.6 Å². The van der Waals surface area contributed by atoms with E-state index in [1.165, 1.54) is 24.1 Å². The largest absolute Gasteiger partial charge is 0.512 e. The van der Waals surface area contributed by atoms with Crippen molar-refractivity contribution in [3.63, 3.8) is 0 Å². The fourth-order valence-corrected chi connectivity index (χ4v) is 4.29. The molecule has 0 spiro atoms. The van der Waals surface area contributed by atoms with Crippen LogP contribution < -0.4 is 0 Å². The minimum Gasteiger partial charge on any atom is -0.512 e. The molecular formula is C22H36BrN3O. The van der Waals surface area contributed by atoms with Gasteiger partial charge in [0.25, 0.3) is 0 Å². The average molecular weight is 438 g/mol. The van der Waals surface area contributed by atoms with E-state index in [2.05, 4.69) is 52.7 Å². The van der Waals surface area contributed by atoms with E-state index >= 15 is 0 Å². The van der Waals surface area contributed by atoms with Crippen LogP contribution in [0.3, 0.4) is 0 Å². The van der Waals surface area contributed by atoms with Crippen LogP contribution in [0.1, 0.15) is 52.9 Å². The van der Waals surface area contributed by atoms with Crippen molar-refractivity contribution in [2.45, 2.75) is 63.7 Å². The first-order valence-corrected chi connectivity index (χ1v) is 11.2. The third-order valence-electron chi connectivity index (χ3n) is 5.28. The molecule has 0 aromatic heterocycles. The van der Waals surface area contributed by atoms with Crippen LogP contribution >= 0.6 is 15.9 Å². The second-order valence-corrected chi connectivity index (χ2v) is 9.40. The van der Waals surface area contributed by atoms with Gasteiger partial charge in [-0.1, -0.05) is 35.9 Å². The van der Waals surface area contributed by atoms with Gasteiger partial charge in [0.2, 0.25) is 0 Å². The average Bonchev–Trinajstić information content (AvgIpc) is 2.61. The minimum atomic E-state index is 0.185. The fraction of sp³-hybridized carbons (Fsp3) is 0.727. The maximum Gasteiger partial charge on any atom is 0.0928 e. The number of aliphatic imine (C=N–C) groups is 2. The molecule has 3 atom stereocenters. The van der Waals surface area contributed by atoms with Crippen molar-refractivity contribution in [2.24, 2.45) is 21.8 Å². The molecule has 1 fully saturated rings. The summed E-state index contributed by atoms with van der Waals surface area (Å²) in [4.78, 5) is 12.0. The number of allylic oxidation sites excluding steroid dienone is 2. The molecule has 27 heavy (non-hydrogen) atoms. The smallest absolute Gasteiger partial charge is 0.0928 e. The van der Waals surface area contributed by atoms with E-state index in [0.717, 1.165) is 38.9 Å². The van der Waals surface area contributed by atoms with Crippen molar-refractivity contribution in [3.05, 3.63) is 23.5 Å². The predicted octanol–water partition coefficient (Wildman–Crippen LogP) is 5.20. The molecule has 1 heterocycles. The molecule has 2 aliphatic rings. The SMILES string of the molecule is CN=CC(Br)C(C)N=C(CC(C)C)C1CCCN(CC2=CCCC(O)=C2)C1. The summed E-state index contributed by atoms with van der Waals surface area (Å²) in [5.41, 5.74) is 2.63. The van der Waals surface area contributed by atoms with Crippen LogP contribution in [0.25, 0.3) is 0 Å². The van der Waals surface area contributed by atoms with Gasteiger partial charge in [-0.2, -0.15) is 0 Å². The van der Waals surface area contributed by atoms with E-state index in [9.17, 15) is 5.11 Å². The number of halogens is 1.